The van der Waals surface area contributed by atoms with Gasteiger partial charge in [0.2, 0.25) is 11.1 Å². The Bertz CT molecular complexity index is 412. The normalized spacial score (nSPS) is 11.0. The molecule has 0 aromatic carbocycles. The molecule has 1 amide bonds. The van der Waals surface area contributed by atoms with Gasteiger partial charge in [-0.15, -0.1) is 5.10 Å². The summed E-state index contributed by atoms with van der Waals surface area (Å²) >= 11 is 1.33. The summed E-state index contributed by atoms with van der Waals surface area (Å²) in [6.45, 7) is 7.80. The molecule has 21 heavy (non-hydrogen) atoms. The highest BCUT2D eigenvalue weighted by Gasteiger charge is 2.09. The highest BCUT2D eigenvalue weighted by atomic mass is 32.2. The van der Waals surface area contributed by atoms with E-state index in [-0.39, 0.29) is 5.91 Å². The number of thioether (sulfide) groups is 1. The van der Waals surface area contributed by atoms with Crippen molar-refractivity contribution in [3.05, 3.63) is 0 Å². The first kappa shape index (κ1) is 17.9. The number of methoxy groups -OCH3 is 1. The van der Waals surface area contributed by atoms with E-state index in [9.17, 15) is 4.79 Å². The van der Waals surface area contributed by atoms with Crippen LogP contribution in [0.3, 0.4) is 0 Å². The first-order valence-electron chi connectivity index (χ1n) is 6.98. The number of carbonyl (C=O) groups excluding carboxylic acids is 1. The van der Waals surface area contributed by atoms with Crippen LogP contribution in [0.25, 0.3) is 0 Å². The second-order valence-electron chi connectivity index (χ2n) is 4.91. The lowest BCUT2D eigenvalue weighted by atomic mass is 10.2. The van der Waals surface area contributed by atoms with Gasteiger partial charge < -0.3 is 15.4 Å². The summed E-state index contributed by atoms with van der Waals surface area (Å²) in [5, 5.41) is 18.3. The fourth-order valence-electron chi connectivity index (χ4n) is 1.49. The molecule has 120 valence electrons. The molecule has 1 heterocycles. The van der Waals surface area contributed by atoms with Crippen LogP contribution >= 0.6 is 11.8 Å². The van der Waals surface area contributed by atoms with Crippen molar-refractivity contribution in [3.8, 4) is 0 Å². The topological polar surface area (TPSA) is 94.0 Å². The average molecular weight is 316 g/mol. The third kappa shape index (κ3) is 7.98. The van der Waals surface area contributed by atoms with Crippen molar-refractivity contribution in [2.45, 2.75) is 25.5 Å². The van der Waals surface area contributed by atoms with Crippen molar-refractivity contribution in [3.63, 3.8) is 0 Å². The van der Waals surface area contributed by atoms with Gasteiger partial charge in [0.15, 0.2) is 0 Å². The van der Waals surface area contributed by atoms with E-state index in [1.807, 2.05) is 0 Å². The predicted molar refractivity (Wildman–Crippen MR) is 81.1 cm³/mol. The van der Waals surface area contributed by atoms with Crippen LogP contribution in [0.4, 0.5) is 0 Å². The molecule has 0 spiro atoms. The van der Waals surface area contributed by atoms with E-state index < -0.39 is 0 Å². The largest absolute Gasteiger partial charge is 0.383 e. The maximum atomic E-state index is 11.6. The fourth-order valence-corrected chi connectivity index (χ4v) is 2.22. The molecular formula is C12H24N6O2S. The number of rotatable bonds is 11. The Morgan fingerprint density at radius 2 is 2.24 bits per heavy atom. The highest BCUT2D eigenvalue weighted by molar-refractivity contribution is 7.99. The minimum atomic E-state index is -0.0514. The van der Waals surface area contributed by atoms with E-state index in [2.05, 4.69) is 40.0 Å². The van der Waals surface area contributed by atoms with E-state index in [4.69, 9.17) is 4.74 Å². The van der Waals surface area contributed by atoms with Crippen LogP contribution in [0.1, 0.15) is 13.8 Å². The minimum Gasteiger partial charge on any atom is -0.383 e. The molecule has 0 fully saturated rings. The van der Waals surface area contributed by atoms with Gasteiger partial charge in [0.25, 0.3) is 0 Å². The standard InChI is InChI=1S/C12H24N6O2S/c1-10(2)8-13-4-6-18-12(15-16-17-18)21-9-11(19)14-5-7-20-3/h10,13H,4-9H2,1-3H3,(H,14,19). The van der Waals surface area contributed by atoms with Crippen LogP contribution in [0, 0.1) is 5.92 Å². The van der Waals surface area contributed by atoms with Crippen molar-refractivity contribution in [2.75, 3.05) is 39.1 Å². The molecule has 0 aliphatic carbocycles. The SMILES string of the molecule is COCCNC(=O)CSc1nnnn1CCNCC(C)C. The molecule has 0 unspecified atom stereocenters. The summed E-state index contributed by atoms with van der Waals surface area (Å²) in [6.07, 6.45) is 0. The maximum Gasteiger partial charge on any atom is 0.230 e. The Balaban J connectivity index is 2.26. The Labute approximate surface area is 129 Å². The lowest BCUT2D eigenvalue weighted by Gasteiger charge is -2.08. The Hall–Kier alpha value is -1.19. The van der Waals surface area contributed by atoms with Gasteiger partial charge in [-0.3, -0.25) is 4.79 Å². The Morgan fingerprint density at radius 1 is 1.43 bits per heavy atom. The number of tetrazole rings is 1. The molecule has 9 heteroatoms. The molecule has 0 atom stereocenters. The van der Waals surface area contributed by atoms with Crippen molar-refractivity contribution < 1.29 is 9.53 Å². The Morgan fingerprint density at radius 3 is 2.95 bits per heavy atom. The number of aromatic nitrogens is 4. The second kappa shape index (κ2) is 10.5. The summed E-state index contributed by atoms with van der Waals surface area (Å²) in [7, 11) is 1.60. The molecule has 1 aromatic heterocycles. The maximum absolute atomic E-state index is 11.6. The van der Waals surface area contributed by atoms with Crippen LogP contribution < -0.4 is 10.6 Å². The van der Waals surface area contributed by atoms with Crippen LogP contribution in [-0.4, -0.2) is 65.2 Å². The number of nitrogens with one attached hydrogen (secondary N) is 2. The first-order chi connectivity index (χ1) is 10.1. The smallest absolute Gasteiger partial charge is 0.230 e. The summed E-state index contributed by atoms with van der Waals surface area (Å²) in [6, 6.07) is 0. The fraction of sp³-hybridized carbons (Fsp3) is 0.833. The average Bonchev–Trinajstić information content (AvgIpc) is 2.89. The summed E-state index contributed by atoms with van der Waals surface area (Å²) in [5.74, 6) is 0.858. The third-order valence-electron chi connectivity index (χ3n) is 2.51. The summed E-state index contributed by atoms with van der Waals surface area (Å²) in [4.78, 5) is 11.6. The van der Waals surface area contributed by atoms with Crippen molar-refractivity contribution in [2.24, 2.45) is 5.92 Å². The van der Waals surface area contributed by atoms with Gasteiger partial charge in [0.05, 0.1) is 18.9 Å². The van der Waals surface area contributed by atoms with Gasteiger partial charge in [-0.1, -0.05) is 25.6 Å². The number of hydrogen-bond acceptors (Lipinski definition) is 7. The number of hydrogen-bond donors (Lipinski definition) is 2. The van der Waals surface area contributed by atoms with Gasteiger partial charge in [0, 0.05) is 20.2 Å². The van der Waals surface area contributed by atoms with E-state index in [1.54, 1.807) is 11.8 Å². The molecule has 0 aliphatic rings. The molecular weight excluding hydrogens is 292 g/mol. The lowest BCUT2D eigenvalue weighted by Crippen LogP contribution is -2.28. The zero-order chi connectivity index (χ0) is 15.5. The zero-order valence-electron chi connectivity index (χ0n) is 12.8. The molecule has 1 rings (SSSR count). The number of ether oxygens (including phenoxy) is 1. The van der Waals surface area contributed by atoms with E-state index in [1.165, 1.54) is 11.8 Å². The quantitative estimate of drug-likeness (QED) is 0.430. The van der Waals surface area contributed by atoms with E-state index >= 15 is 0 Å². The van der Waals surface area contributed by atoms with Crippen molar-refractivity contribution in [1.82, 2.24) is 30.8 Å². The highest BCUT2D eigenvalue weighted by Crippen LogP contribution is 2.12. The zero-order valence-corrected chi connectivity index (χ0v) is 13.7. The summed E-state index contributed by atoms with van der Waals surface area (Å²) < 4.78 is 6.58. The molecule has 2 N–H and O–H groups in total. The molecule has 1 aromatic rings. The molecule has 0 radical (unpaired) electrons. The van der Waals surface area contributed by atoms with Gasteiger partial charge in [-0.2, -0.15) is 0 Å². The Kier molecular flexibility index (Phi) is 8.95. The van der Waals surface area contributed by atoms with Gasteiger partial charge in [-0.25, -0.2) is 4.68 Å². The summed E-state index contributed by atoms with van der Waals surface area (Å²) in [5.41, 5.74) is 0. The molecule has 0 saturated heterocycles. The van der Waals surface area contributed by atoms with Crippen molar-refractivity contribution >= 4 is 17.7 Å². The van der Waals surface area contributed by atoms with Gasteiger partial charge >= 0.3 is 0 Å². The third-order valence-corrected chi connectivity index (χ3v) is 3.47. The molecule has 0 bridgehead atoms. The second-order valence-corrected chi connectivity index (χ2v) is 5.86. The number of nitrogens with zero attached hydrogens (tertiary/aromatic N) is 4. The number of amides is 1. The van der Waals surface area contributed by atoms with Crippen LogP contribution in [0.15, 0.2) is 5.16 Å². The lowest BCUT2D eigenvalue weighted by molar-refractivity contribution is -0.118. The van der Waals surface area contributed by atoms with Crippen molar-refractivity contribution in [1.29, 1.82) is 0 Å². The molecule has 0 aliphatic heterocycles. The van der Waals surface area contributed by atoms with Crippen LogP contribution in [0.2, 0.25) is 0 Å². The van der Waals surface area contributed by atoms with E-state index in [0.717, 1.165) is 13.1 Å². The van der Waals surface area contributed by atoms with Crippen LogP contribution in [-0.2, 0) is 16.1 Å². The predicted octanol–water partition coefficient (Wildman–Crippen LogP) is -0.227. The molecule has 0 saturated carbocycles. The number of carbonyl (C=O) groups is 1. The van der Waals surface area contributed by atoms with Crippen LogP contribution in [0.5, 0.6) is 0 Å². The first-order valence-corrected chi connectivity index (χ1v) is 7.97. The molecule has 8 nitrogen and oxygen atoms in total. The monoisotopic (exact) mass is 316 g/mol. The van der Waals surface area contributed by atoms with Gasteiger partial charge in [0.1, 0.15) is 0 Å². The minimum absolute atomic E-state index is 0.0514. The van der Waals surface area contributed by atoms with Gasteiger partial charge in [-0.05, 0) is 22.9 Å². The van der Waals surface area contributed by atoms with E-state index in [0.29, 0.717) is 36.5 Å².